The van der Waals surface area contributed by atoms with Gasteiger partial charge in [-0.3, -0.25) is 0 Å². The number of aliphatic hydroxyl groups is 1. The predicted molar refractivity (Wildman–Crippen MR) is 89.9 cm³/mol. The minimum absolute atomic E-state index is 0.458. The van der Waals surface area contributed by atoms with Crippen molar-refractivity contribution in [1.82, 2.24) is 5.32 Å². The molecule has 2 aromatic rings. The zero-order chi connectivity index (χ0) is 16.7. The minimum Gasteiger partial charge on any atom is -0.476 e. The number of hydrogen-bond donors (Lipinski definition) is 2. The molecular weight excluding hydrogens is 288 g/mol. The Morgan fingerprint density at radius 1 is 1.17 bits per heavy atom. The van der Waals surface area contributed by atoms with Crippen LogP contribution in [0.1, 0.15) is 25.0 Å². The van der Waals surface area contributed by atoms with Gasteiger partial charge < -0.3 is 15.2 Å². The van der Waals surface area contributed by atoms with E-state index in [1.807, 2.05) is 60.7 Å². The maximum Gasteiger partial charge on any atom is 0.181 e. The van der Waals surface area contributed by atoms with Crippen LogP contribution in [0.4, 0.5) is 0 Å². The van der Waals surface area contributed by atoms with Gasteiger partial charge in [-0.1, -0.05) is 42.5 Å². The molecule has 0 bridgehead atoms. The smallest absolute Gasteiger partial charge is 0.181 e. The normalized spacial score (nSPS) is 14.5. The van der Waals surface area contributed by atoms with E-state index in [1.165, 1.54) is 0 Å². The summed E-state index contributed by atoms with van der Waals surface area (Å²) in [7, 11) is 0. The van der Waals surface area contributed by atoms with Gasteiger partial charge in [0.05, 0.1) is 5.60 Å². The fourth-order valence-electron chi connectivity index (χ4n) is 2.27. The van der Waals surface area contributed by atoms with Crippen LogP contribution in [0.5, 0.6) is 5.75 Å². The molecule has 2 aromatic carbocycles. The van der Waals surface area contributed by atoms with Crippen LogP contribution in [0, 0.1) is 11.3 Å². The summed E-state index contributed by atoms with van der Waals surface area (Å²) in [6, 6.07) is 19.2. The molecule has 23 heavy (non-hydrogen) atoms. The molecule has 0 fully saturated rings. The number of hydrogen-bond acceptors (Lipinski definition) is 4. The summed E-state index contributed by atoms with van der Waals surface area (Å²) in [6.45, 7) is 4.62. The zero-order valence-electron chi connectivity index (χ0n) is 13.5. The van der Waals surface area contributed by atoms with E-state index in [0.29, 0.717) is 18.8 Å². The van der Waals surface area contributed by atoms with E-state index in [1.54, 1.807) is 13.8 Å². The summed E-state index contributed by atoms with van der Waals surface area (Å²) in [5.41, 5.74) is 1.07. The van der Waals surface area contributed by atoms with Crippen LogP contribution < -0.4 is 10.1 Å². The molecule has 0 amide bonds. The van der Waals surface area contributed by atoms with Gasteiger partial charge in [0.25, 0.3) is 0 Å². The van der Waals surface area contributed by atoms with E-state index < -0.39 is 11.7 Å². The summed E-state index contributed by atoms with van der Waals surface area (Å²) in [4.78, 5) is 0. The Morgan fingerprint density at radius 2 is 1.83 bits per heavy atom. The minimum atomic E-state index is -0.910. The maximum absolute atomic E-state index is 10.5. The average Bonchev–Trinajstić information content (AvgIpc) is 2.57. The molecule has 2 unspecified atom stereocenters. The second-order valence-corrected chi connectivity index (χ2v) is 5.78. The molecule has 4 heteroatoms. The monoisotopic (exact) mass is 310 g/mol. The van der Waals surface area contributed by atoms with Gasteiger partial charge in [-0.15, -0.1) is 0 Å². The van der Waals surface area contributed by atoms with E-state index in [2.05, 4.69) is 5.32 Å². The van der Waals surface area contributed by atoms with E-state index in [9.17, 15) is 5.11 Å². The van der Waals surface area contributed by atoms with Crippen LogP contribution in [0.25, 0.3) is 0 Å². The lowest BCUT2D eigenvalue weighted by Crippen LogP contribution is -2.35. The Morgan fingerprint density at radius 3 is 2.43 bits per heavy atom. The fourth-order valence-corrected chi connectivity index (χ4v) is 2.27. The fraction of sp³-hybridized carbons (Fsp3) is 0.316. The van der Waals surface area contributed by atoms with Crippen LogP contribution in [-0.2, 0) is 12.1 Å². The molecule has 0 spiro atoms. The summed E-state index contributed by atoms with van der Waals surface area (Å²) in [5, 5.41) is 22.5. The van der Waals surface area contributed by atoms with E-state index in [0.717, 1.165) is 11.1 Å². The molecular formula is C19H22N2O2. The van der Waals surface area contributed by atoms with Crippen LogP contribution >= 0.6 is 0 Å². The van der Waals surface area contributed by atoms with Crippen LogP contribution in [0.2, 0.25) is 0 Å². The first-order valence-electron chi connectivity index (χ1n) is 7.65. The van der Waals surface area contributed by atoms with E-state index in [-0.39, 0.29) is 0 Å². The lowest BCUT2D eigenvalue weighted by molar-refractivity contribution is 0.0567. The molecule has 2 N–H and O–H groups in total. The van der Waals surface area contributed by atoms with Crippen LogP contribution in [-0.4, -0.2) is 17.8 Å². The van der Waals surface area contributed by atoms with Crippen molar-refractivity contribution in [2.75, 3.05) is 6.54 Å². The summed E-state index contributed by atoms with van der Waals surface area (Å²) in [6.07, 6.45) is -0.458. The van der Waals surface area contributed by atoms with E-state index >= 15 is 0 Å². The Hall–Kier alpha value is -2.35. The Kier molecular flexibility index (Phi) is 5.75. The Bertz CT molecular complexity index is 645. The van der Waals surface area contributed by atoms with Gasteiger partial charge in [-0.05, 0) is 37.1 Å². The molecule has 0 aliphatic carbocycles. The second-order valence-electron chi connectivity index (χ2n) is 5.78. The first kappa shape index (κ1) is 17.0. The van der Waals surface area contributed by atoms with Crippen molar-refractivity contribution >= 4 is 0 Å². The molecule has 2 rings (SSSR count). The molecule has 0 aromatic heterocycles. The van der Waals surface area contributed by atoms with Gasteiger partial charge in [0, 0.05) is 13.1 Å². The highest BCUT2D eigenvalue weighted by atomic mass is 16.5. The number of nitriles is 1. The Labute approximate surface area is 137 Å². The highest BCUT2D eigenvalue weighted by Crippen LogP contribution is 2.19. The van der Waals surface area contributed by atoms with Gasteiger partial charge in [0.1, 0.15) is 11.8 Å². The number of ether oxygens (including phenoxy) is 1. The van der Waals surface area contributed by atoms with Crippen LogP contribution in [0.15, 0.2) is 54.6 Å². The van der Waals surface area contributed by atoms with Gasteiger partial charge >= 0.3 is 0 Å². The van der Waals surface area contributed by atoms with Crippen molar-refractivity contribution in [2.45, 2.75) is 32.1 Å². The molecule has 2 atom stereocenters. The predicted octanol–water partition coefficient (Wildman–Crippen LogP) is 2.97. The SMILES string of the molecule is CC(C#N)Oc1ccc(CNCC(C)(O)c2ccccc2)cc1. The largest absolute Gasteiger partial charge is 0.476 e. The topological polar surface area (TPSA) is 65.3 Å². The van der Waals surface area contributed by atoms with Crippen molar-refractivity contribution in [1.29, 1.82) is 5.26 Å². The van der Waals surface area contributed by atoms with Crippen molar-refractivity contribution < 1.29 is 9.84 Å². The molecule has 4 nitrogen and oxygen atoms in total. The third-order valence-electron chi connectivity index (χ3n) is 3.61. The second kappa shape index (κ2) is 7.77. The van der Waals surface area contributed by atoms with Crippen molar-refractivity contribution in [3.63, 3.8) is 0 Å². The molecule has 0 radical (unpaired) electrons. The summed E-state index contributed by atoms with van der Waals surface area (Å²) in [5.74, 6) is 0.680. The van der Waals surface area contributed by atoms with Gasteiger partial charge in [0.2, 0.25) is 0 Å². The molecule has 0 saturated carbocycles. The number of nitrogens with zero attached hydrogens (tertiary/aromatic N) is 1. The molecule has 120 valence electrons. The first-order chi connectivity index (χ1) is 11.0. The quantitative estimate of drug-likeness (QED) is 0.825. The highest BCUT2D eigenvalue weighted by molar-refractivity contribution is 5.28. The molecule has 0 aliphatic rings. The lowest BCUT2D eigenvalue weighted by Gasteiger charge is -2.24. The number of rotatable bonds is 7. The maximum atomic E-state index is 10.5. The van der Waals surface area contributed by atoms with Crippen molar-refractivity contribution in [3.05, 3.63) is 65.7 Å². The van der Waals surface area contributed by atoms with Gasteiger partial charge in [-0.25, -0.2) is 0 Å². The average molecular weight is 310 g/mol. The third-order valence-corrected chi connectivity index (χ3v) is 3.61. The lowest BCUT2D eigenvalue weighted by atomic mass is 9.96. The first-order valence-corrected chi connectivity index (χ1v) is 7.65. The summed E-state index contributed by atoms with van der Waals surface area (Å²) >= 11 is 0. The number of benzene rings is 2. The van der Waals surface area contributed by atoms with E-state index in [4.69, 9.17) is 10.00 Å². The molecule has 0 saturated heterocycles. The zero-order valence-corrected chi connectivity index (χ0v) is 13.5. The number of nitrogens with one attached hydrogen (secondary N) is 1. The Balaban J connectivity index is 1.86. The molecule has 0 aliphatic heterocycles. The van der Waals surface area contributed by atoms with Gasteiger partial charge in [-0.2, -0.15) is 5.26 Å². The van der Waals surface area contributed by atoms with Crippen LogP contribution in [0.3, 0.4) is 0 Å². The van der Waals surface area contributed by atoms with Gasteiger partial charge in [0.15, 0.2) is 6.10 Å². The van der Waals surface area contributed by atoms with Crippen molar-refractivity contribution in [3.8, 4) is 11.8 Å². The summed E-state index contributed by atoms with van der Waals surface area (Å²) < 4.78 is 5.41. The third kappa shape index (κ3) is 5.10. The standard InChI is InChI=1S/C19H22N2O2/c1-15(12-20)23-18-10-8-16(9-11-18)13-21-14-19(2,22)17-6-4-3-5-7-17/h3-11,15,21-22H,13-14H2,1-2H3. The highest BCUT2D eigenvalue weighted by Gasteiger charge is 2.21. The van der Waals surface area contributed by atoms with Crippen molar-refractivity contribution in [2.24, 2.45) is 0 Å². The molecule has 0 heterocycles.